The molecule has 0 radical (unpaired) electrons. The molecule has 1 fully saturated rings. The Bertz CT molecular complexity index is 647. The third-order valence-electron chi connectivity index (χ3n) is 3.75. The van der Waals surface area contributed by atoms with Crippen molar-refractivity contribution in [2.24, 2.45) is 0 Å². The molecular formula is C17H24N2OS. The molecule has 1 aliphatic heterocycles. The predicted molar refractivity (Wildman–Crippen MR) is 93.8 cm³/mol. The van der Waals surface area contributed by atoms with Gasteiger partial charge in [0.1, 0.15) is 0 Å². The SMILES string of the molecule is C=Cc1cccc(S(=C)(=O)N2CCNC(C)C2)c1/C=C\C. The number of hydrogen-bond donors (Lipinski definition) is 1. The number of allylic oxidation sites excluding steroid dienone is 1. The summed E-state index contributed by atoms with van der Waals surface area (Å²) >= 11 is 0. The molecule has 1 aromatic carbocycles. The second-order valence-corrected chi connectivity index (χ2v) is 7.58. The Hall–Kier alpha value is -1.36. The van der Waals surface area contributed by atoms with Gasteiger partial charge < -0.3 is 5.32 Å². The van der Waals surface area contributed by atoms with E-state index in [1.54, 1.807) is 6.08 Å². The molecule has 2 rings (SSSR count). The Morgan fingerprint density at radius 3 is 2.86 bits per heavy atom. The zero-order chi connectivity index (χ0) is 15.5. The van der Waals surface area contributed by atoms with E-state index in [-0.39, 0.29) is 0 Å². The molecule has 0 aliphatic carbocycles. The summed E-state index contributed by atoms with van der Waals surface area (Å²) in [6, 6.07) is 6.16. The summed E-state index contributed by atoms with van der Waals surface area (Å²) in [6.07, 6.45) is 5.75. The zero-order valence-corrected chi connectivity index (χ0v) is 13.7. The van der Waals surface area contributed by atoms with Crippen LogP contribution in [0.4, 0.5) is 0 Å². The third kappa shape index (κ3) is 3.28. The maximum absolute atomic E-state index is 13.4. The van der Waals surface area contributed by atoms with Crippen molar-refractivity contribution in [1.29, 1.82) is 0 Å². The van der Waals surface area contributed by atoms with Gasteiger partial charge in [0, 0.05) is 25.7 Å². The number of piperazine rings is 1. The molecule has 1 saturated heterocycles. The largest absolute Gasteiger partial charge is 0.312 e. The number of nitrogens with zero attached hydrogens (tertiary/aromatic N) is 1. The van der Waals surface area contributed by atoms with Gasteiger partial charge >= 0.3 is 0 Å². The van der Waals surface area contributed by atoms with Crippen LogP contribution in [0.3, 0.4) is 0 Å². The highest BCUT2D eigenvalue weighted by molar-refractivity contribution is 7.98. The van der Waals surface area contributed by atoms with Crippen LogP contribution in [0.2, 0.25) is 0 Å². The molecule has 0 amide bonds. The molecule has 0 saturated carbocycles. The summed E-state index contributed by atoms with van der Waals surface area (Å²) < 4.78 is 15.4. The van der Waals surface area contributed by atoms with Crippen LogP contribution in [-0.4, -0.2) is 40.1 Å². The minimum absolute atomic E-state index is 0.328. The second kappa shape index (κ2) is 6.60. The van der Waals surface area contributed by atoms with Gasteiger partial charge in [0.05, 0.1) is 14.6 Å². The summed E-state index contributed by atoms with van der Waals surface area (Å²) in [7, 11) is -2.49. The summed E-state index contributed by atoms with van der Waals surface area (Å²) in [5.41, 5.74) is 1.95. The number of benzene rings is 1. The minimum Gasteiger partial charge on any atom is -0.312 e. The summed E-state index contributed by atoms with van der Waals surface area (Å²) in [4.78, 5) is 0.798. The molecule has 1 heterocycles. The lowest BCUT2D eigenvalue weighted by molar-refractivity contribution is 0.322. The first-order valence-electron chi connectivity index (χ1n) is 7.24. The predicted octanol–water partition coefficient (Wildman–Crippen LogP) is 2.65. The number of hydrogen-bond acceptors (Lipinski definition) is 2. The van der Waals surface area contributed by atoms with E-state index in [0.29, 0.717) is 6.04 Å². The molecule has 3 nitrogen and oxygen atoms in total. The Kier molecular flexibility index (Phi) is 5.04. The molecule has 0 aromatic heterocycles. The Morgan fingerprint density at radius 2 is 2.24 bits per heavy atom. The maximum Gasteiger partial charge on any atom is 0.0565 e. The van der Waals surface area contributed by atoms with Crippen LogP contribution in [0.1, 0.15) is 25.0 Å². The first-order valence-corrected chi connectivity index (χ1v) is 8.93. The fraction of sp³-hybridized carbons (Fsp3) is 0.353. The zero-order valence-electron chi connectivity index (χ0n) is 12.8. The van der Waals surface area contributed by atoms with Crippen LogP contribution >= 0.6 is 0 Å². The first-order chi connectivity index (χ1) is 10.0. The molecule has 21 heavy (non-hydrogen) atoms. The van der Waals surface area contributed by atoms with Crippen LogP contribution in [0.5, 0.6) is 0 Å². The average molecular weight is 304 g/mol. The normalized spacial score (nSPS) is 23.0. The molecule has 2 atom stereocenters. The van der Waals surface area contributed by atoms with E-state index < -0.39 is 9.71 Å². The van der Waals surface area contributed by atoms with Crippen LogP contribution in [0.15, 0.2) is 35.7 Å². The van der Waals surface area contributed by atoms with Gasteiger partial charge in [-0.2, -0.15) is 0 Å². The van der Waals surface area contributed by atoms with Crippen molar-refractivity contribution in [2.45, 2.75) is 24.8 Å². The van der Waals surface area contributed by atoms with Crippen molar-refractivity contribution in [3.8, 4) is 0 Å². The topological polar surface area (TPSA) is 32.3 Å². The smallest absolute Gasteiger partial charge is 0.0565 e. The summed E-state index contributed by atoms with van der Waals surface area (Å²) in [6.45, 7) is 10.3. The molecule has 2 unspecified atom stereocenters. The Balaban J connectivity index is 2.51. The van der Waals surface area contributed by atoms with E-state index in [4.69, 9.17) is 0 Å². The van der Waals surface area contributed by atoms with Gasteiger partial charge in [0.2, 0.25) is 0 Å². The van der Waals surface area contributed by atoms with Gasteiger partial charge in [-0.3, -0.25) is 0 Å². The molecular weight excluding hydrogens is 280 g/mol. The van der Waals surface area contributed by atoms with Crippen LogP contribution in [-0.2, 0) is 9.71 Å². The van der Waals surface area contributed by atoms with E-state index in [1.807, 2.05) is 41.6 Å². The lowest BCUT2D eigenvalue weighted by Gasteiger charge is -2.34. The number of rotatable bonds is 4. The van der Waals surface area contributed by atoms with E-state index in [2.05, 4.69) is 24.7 Å². The van der Waals surface area contributed by atoms with E-state index in [9.17, 15) is 4.21 Å². The molecule has 1 aliphatic rings. The van der Waals surface area contributed by atoms with Gasteiger partial charge in [0.25, 0.3) is 0 Å². The van der Waals surface area contributed by atoms with Gasteiger partial charge in [-0.15, -0.1) is 0 Å². The Labute approximate surface area is 128 Å². The van der Waals surface area contributed by atoms with Crippen molar-refractivity contribution in [2.75, 3.05) is 19.6 Å². The van der Waals surface area contributed by atoms with Crippen LogP contribution in [0.25, 0.3) is 12.2 Å². The lowest BCUT2D eigenvalue weighted by atomic mass is 10.1. The quantitative estimate of drug-likeness (QED) is 0.867. The molecule has 1 N–H and O–H groups in total. The van der Waals surface area contributed by atoms with Crippen molar-refractivity contribution in [3.63, 3.8) is 0 Å². The minimum atomic E-state index is -2.49. The van der Waals surface area contributed by atoms with Crippen molar-refractivity contribution < 1.29 is 4.21 Å². The van der Waals surface area contributed by atoms with E-state index in [0.717, 1.165) is 35.7 Å². The molecule has 114 valence electrons. The standard InChI is InChI=1S/C17H24N2OS/c1-5-8-16-15(6-2)9-7-10-17(16)21(4,20)19-12-11-18-14(3)13-19/h5-10,14,18H,2,4,11-13H2,1,3H3/b8-5-. The Morgan fingerprint density at radius 1 is 1.48 bits per heavy atom. The monoisotopic (exact) mass is 304 g/mol. The van der Waals surface area contributed by atoms with Crippen molar-refractivity contribution in [3.05, 3.63) is 42.0 Å². The highest BCUT2D eigenvalue weighted by Crippen LogP contribution is 2.26. The molecule has 0 spiro atoms. The van der Waals surface area contributed by atoms with Gasteiger partial charge in [-0.05, 0) is 36.9 Å². The third-order valence-corrected chi connectivity index (χ3v) is 5.95. The number of nitrogens with one attached hydrogen (secondary N) is 1. The van der Waals surface area contributed by atoms with E-state index in [1.165, 1.54) is 0 Å². The van der Waals surface area contributed by atoms with Crippen LogP contribution < -0.4 is 5.32 Å². The lowest BCUT2D eigenvalue weighted by Crippen LogP contribution is -2.51. The van der Waals surface area contributed by atoms with Gasteiger partial charge in [-0.25, -0.2) is 8.51 Å². The molecule has 4 heteroatoms. The van der Waals surface area contributed by atoms with Crippen LogP contribution in [0, 0.1) is 0 Å². The second-order valence-electron chi connectivity index (χ2n) is 5.35. The highest BCUT2D eigenvalue weighted by Gasteiger charge is 2.25. The first kappa shape index (κ1) is 16.0. The fourth-order valence-electron chi connectivity index (χ4n) is 2.67. The summed E-state index contributed by atoms with van der Waals surface area (Å²) in [5, 5.41) is 3.37. The van der Waals surface area contributed by atoms with Crippen molar-refractivity contribution >= 4 is 27.7 Å². The fourth-order valence-corrected chi connectivity index (χ4v) is 4.62. The average Bonchev–Trinajstić information content (AvgIpc) is 2.47. The van der Waals surface area contributed by atoms with Crippen molar-refractivity contribution in [1.82, 2.24) is 9.62 Å². The maximum atomic E-state index is 13.4. The van der Waals surface area contributed by atoms with Gasteiger partial charge in [-0.1, -0.05) is 36.9 Å². The molecule has 0 bridgehead atoms. The van der Waals surface area contributed by atoms with E-state index >= 15 is 0 Å². The summed E-state index contributed by atoms with van der Waals surface area (Å²) in [5.74, 6) is 4.07. The van der Waals surface area contributed by atoms with Gasteiger partial charge in [0.15, 0.2) is 0 Å². The highest BCUT2D eigenvalue weighted by atomic mass is 32.2. The molecule has 1 aromatic rings.